The van der Waals surface area contributed by atoms with Gasteiger partial charge in [0, 0.05) is 30.8 Å². The highest BCUT2D eigenvalue weighted by Gasteiger charge is 2.55. The van der Waals surface area contributed by atoms with Gasteiger partial charge in [0.2, 0.25) is 0 Å². The van der Waals surface area contributed by atoms with E-state index in [1.54, 1.807) is 0 Å². The Hall–Kier alpha value is -2.17. The largest absolute Gasteiger partial charge is 0.393 e. The van der Waals surface area contributed by atoms with Crippen LogP contribution in [-0.4, -0.2) is 57.8 Å². The first kappa shape index (κ1) is 18.2. The molecule has 1 aliphatic rings. The summed E-state index contributed by atoms with van der Waals surface area (Å²) in [6.07, 6.45) is -1.38. The minimum absolute atomic E-state index is 0.176. The van der Waals surface area contributed by atoms with E-state index in [0.717, 1.165) is 10.6 Å². The normalized spacial score (nSPS) is 29.4. The van der Waals surface area contributed by atoms with E-state index in [2.05, 4.69) is 15.0 Å². The minimum atomic E-state index is -1.37. The SMILES string of the molecule is CO[C@H]1C(O)[C@](CO)(CCCN=[N+]=[N-])O[C@H]1n1ccc(=O)[nH]c1=O. The number of H-pyrrole nitrogens is 1. The van der Waals surface area contributed by atoms with Gasteiger partial charge in [0.15, 0.2) is 6.23 Å². The van der Waals surface area contributed by atoms with Crippen molar-refractivity contribution < 1.29 is 19.7 Å². The molecule has 0 saturated carbocycles. The van der Waals surface area contributed by atoms with E-state index in [-0.39, 0.29) is 13.0 Å². The van der Waals surface area contributed by atoms with Crippen LogP contribution in [0.1, 0.15) is 19.1 Å². The molecule has 2 rings (SSSR count). The van der Waals surface area contributed by atoms with Crippen LogP contribution in [0.3, 0.4) is 0 Å². The van der Waals surface area contributed by atoms with Crippen molar-refractivity contribution in [3.63, 3.8) is 0 Å². The molecule has 1 unspecified atom stereocenters. The van der Waals surface area contributed by atoms with E-state index in [1.807, 2.05) is 0 Å². The minimum Gasteiger partial charge on any atom is -0.393 e. The number of aliphatic hydroxyl groups excluding tert-OH is 2. The maximum atomic E-state index is 12.0. The first-order valence-electron chi connectivity index (χ1n) is 7.31. The average molecular weight is 341 g/mol. The summed E-state index contributed by atoms with van der Waals surface area (Å²) in [5.74, 6) is 0. The lowest BCUT2D eigenvalue weighted by molar-refractivity contribution is -0.133. The lowest BCUT2D eigenvalue weighted by Crippen LogP contribution is -2.46. The van der Waals surface area contributed by atoms with E-state index < -0.39 is 41.9 Å². The Morgan fingerprint density at radius 1 is 1.58 bits per heavy atom. The van der Waals surface area contributed by atoms with E-state index >= 15 is 0 Å². The molecule has 11 heteroatoms. The van der Waals surface area contributed by atoms with Gasteiger partial charge in [0.05, 0.1) is 6.61 Å². The molecular weight excluding hydrogens is 322 g/mol. The van der Waals surface area contributed by atoms with Crippen LogP contribution >= 0.6 is 0 Å². The number of hydrogen-bond acceptors (Lipinski definition) is 7. The number of aromatic nitrogens is 2. The van der Waals surface area contributed by atoms with Crippen LogP contribution in [0.15, 0.2) is 27.0 Å². The van der Waals surface area contributed by atoms with Crippen molar-refractivity contribution in [1.29, 1.82) is 0 Å². The molecule has 0 aromatic carbocycles. The lowest BCUT2D eigenvalue weighted by Gasteiger charge is -2.30. The number of azide groups is 1. The third kappa shape index (κ3) is 3.35. The molecule has 0 aliphatic carbocycles. The van der Waals surface area contributed by atoms with Crippen LogP contribution in [0, 0.1) is 0 Å². The third-order valence-corrected chi connectivity index (χ3v) is 4.07. The molecule has 2 heterocycles. The zero-order valence-corrected chi connectivity index (χ0v) is 13.0. The number of methoxy groups -OCH3 is 1. The Morgan fingerprint density at radius 3 is 2.92 bits per heavy atom. The monoisotopic (exact) mass is 341 g/mol. The maximum absolute atomic E-state index is 12.0. The van der Waals surface area contributed by atoms with Gasteiger partial charge in [0.1, 0.15) is 17.8 Å². The summed E-state index contributed by atoms with van der Waals surface area (Å²) in [7, 11) is 1.34. The number of hydrogen-bond donors (Lipinski definition) is 3. The van der Waals surface area contributed by atoms with Gasteiger partial charge in [-0.2, -0.15) is 0 Å². The molecule has 132 valence electrons. The number of aromatic amines is 1. The molecule has 24 heavy (non-hydrogen) atoms. The fourth-order valence-corrected chi connectivity index (χ4v) is 2.83. The molecule has 1 saturated heterocycles. The molecule has 4 atom stereocenters. The van der Waals surface area contributed by atoms with Crippen LogP contribution < -0.4 is 11.2 Å². The number of rotatable bonds is 7. The van der Waals surface area contributed by atoms with Crippen molar-refractivity contribution in [3.8, 4) is 0 Å². The maximum Gasteiger partial charge on any atom is 0.330 e. The average Bonchev–Trinajstić information content (AvgIpc) is 2.84. The zero-order chi connectivity index (χ0) is 17.7. The number of ether oxygens (including phenoxy) is 2. The lowest BCUT2D eigenvalue weighted by atomic mass is 9.91. The summed E-state index contributed by atoms with van der Waals surface area (Å²) in [6.45, 7) is -0.339. The summed E-state index contributed by atoms with van der Waals surface area (Å²) in [5.41, 5.74) is 5.65. The number of aliphatic hydroxyl groups is 2. The molecule has 0 amide bonds. The quantitative estimate of drug-likeness (QED) is 0.256. The third-order valence-electron chi connectivity index (χ3n) is 4.07. The number of nitrogens with zero attached hydrogens (tertiary/aromatic N) is 4. The fraction of sp³-hybridized carbons (Fsp3) is 0.692. The van der Waals surface area contributed by atoms with Gasteiger partial charge < -0.3 is 19.7 Å². The van der Waals surface area contributed by atoms with Crippen molar-refractivity contribution in [2.75, 3.05) is 20.3 Å². The van der Waals surface area contributed by atoms with Crippen molar-refractivity contribution in [1.82, 2.24) is 9.55 Å². The second-order valence-electron chi connectivity index (χ2n) is 5.45. The molecule has 0 bridgehead atoms. The molecule has 0 radical (unpaired) electrons. The van der Waals surface area contributed by atoms with Gasteiger partial charge in [-0.3, -0.25) is 14.3 Å². The van der Waals surface area contributed by atoms with Crippen molar-refractivity contribution in [3.05, 3.63) is 43.5 Å². The first-order chi connectivity index (χ1) is 11.5. The van der Waals surface area contributed by atoms with Gasteiger partial charge in [-0.05, 0) is 18.4 Å². The first-order valence-corrected chi connectivity index (χ1v) is 7.31. The van der Waals surface area contributed by atoms with Crippen LogP contribution in [0.5, 0.6) is 0 Å². The van der Waals surface area contributed by atoms with Gasteiger partial charge in [0.25, 0.3) is 5.56 Å². The standard InChI is InChI=1S/C13H19N5O6/c1-23-9-10(21)13(7-19,4-2-5-15-17-14)24-11(9)18-6-3-8(20)16-12(18)22/h3,6,9-11,19,21H,2,4-5,7H2,1H3,(H,16,20,22)/t9-,10?,11+,13+/m0/s1. The van der Waals surface area contributed by atoms with Gasteiger partial charge in [-0.15, -0.1) is 0 Å². The fourth-order valence-electron chi connectivity index (χ4n) is 2.83. The van der Waals surface area contributed by atoms with E-state index in [1.165, 1.54) is 13.3 Å². The summed E-state index contributed by atoms with van der Waals surface area (Å²) < 4.78 is 12.1. The number of nitrogens with one attached hydrogen (secondary N) is 1. The molecule has 0 spiro atoms. The predicted molar refractivity (Wildman–Crippen MR) is 81.3 cm³/mol. The molecule has 3 N–H and O–H groups in total. The second kappa shape index (κ2) is 7.60. The van der Waals surface area contributed by atoms with E-state index in [4.69, 9.17) is 15.0 Å². The van der Waals surface area contributed by atoms with Gasteiger partial charge >= 0.3 is 5.69 Å². The molecular formula is C13H19N5O6. The Labute approximate surface area is 136 Å². The van der Waals surface area contributed by atoms with Gasteiger partial charge in [-0.25, -0.2) is 4.79 Å². The van der Waals surface area contributed by atoms with Gasteiger partial charge in [-0.1, -0.05) is 5.11 Å². The predicted octanol–water partition coefficient (Wildman–Crippen LogP) is -0.737. The van der Waals surface area contributed by atoms with Crippen LogP contribution in [0.2, 0.25) is 0 Å². The molecule has 1 aromatic rings. The van der Waals surface area contributed by atoms with Crippen molar-refractivity contribution in [2.45, 2.75) is 36.9 Å². The van der Waals surface area contributed by atoms with Crippen LogP contribution in [0.25, 0.3) is 10.4 Å². The highest BCUT2D eigenvalue weighted by atomic mass is 16.6. The highest BCUT2D eigenvalue weighted by molar-refractivity contribution is 5.02. The summed E-state index contributed by atoms with van der Waals surface area (Å²) in [5, 5.41) is 23.7. The topological polar surface area (TPSA) is 163 Å². The molecule has 1 aliphatic heterocycles. The van der Waals surface area contributed by atoms with Crippen LogP contribution in [-0.2, 0) is 9.47 Å². The molecule has 1 aromatic heterocycles. The van der Waals surface area contributed by atoms with Crippen molar-refractivity contribution >= 4 is 0 Å². The second-order valence-corrected chi connectivity index (χ2v) is 5.45. The molecule has 1 fully saturated rings. The summed E-state index contributed by atoms with van der Waals surface area (Å²) in [4.78, 5) is 27.9. The Bertz CT molecular complexity index is 726. The summed E-state index contributed by atoms with van der Waals surface area (Å²) in [6, 6.07) is 1.14. The van der Waals surface area contributed by atoms with E-state index in [0.29, 0.717) is 6.42 Å². The van der Waals surface area contributed by atoms with Crippen molar-refractivity contribution in [2.24, 2.45) is 5.11 Å². The highest BCUT2D eigenvalue weighted by Crippen LogP contribution is 2.40. The van der Waals surface area contributed by atoms with E-state index in [9.17, 15) is 19.8 Å². The molecule has 11 nitrogen and oxygen atoms in total. The zero-order valence-electron chi connectivity index (χ0n) is 13.0. The Morgan fingerprint density at radius 2 is 2.33 bits per heavy atom. The van der Waals surface area contributed by atoms with Crippen LogP contribution in [0.4, 0.5) is 0 Å². The Kier molecular flexibility index (Phi) is 5.75. The smallest absolute Gasteiger partial charge is 0.330 e. The summed E-state index contributed by atoms with van der Waals surface area (Å²) >= 11 is 0. The Balaban J connectivity index is 2.31.